The minimum atomic E-state index is -1.06. The summed E-state index contributed by atoms with van der Waals surface area (Å²) in [7, 11) is 0. The molecular formula is C18H21NO5. The van der Waals surface area contributed by atoms with Gasteiger partial charge in [-0.15, -0.1) is 0 Å². The van der Waals surface area contributed by atoms with Gasteiger partial charge in [-0.1, -0.05) is 12.1 Å². The molecule has 0 aliphatic heterocycles. The van der Waals surface area contributed by atoms with Crippen molar-refractivity contribution in [2.45, 2.75) is 39.7 Å². The third kappa shape index (κ3) is 4.38. The van der Waals surface area contributed by atoms with Crippen LogP contribution in [0.2, 0.25) is 0 Å². The van der Waals surface area contributed by atoms with Gasteiger partial charge in [-0.25, -0.2) is 0 Å². The topological polar surface area (TPSA) is 88.8 Å². The summed E-state index contributed by atoms with van der Waals surface area (Å²) >= 11 is 0. The number of amides is 1. The molecule has 0 unspecified atom stereocenters. The quantitative estimate of drug-likeness (QED) is 0.873. The zero-order valence-electron chi connectivity index (χ0n) is 14.2. The Labute approximate surface area is 140 Å². The molecule has 0 spiro atoms. The fraction of sp³-hybridized carbons (Fsp3) is 0.333. The molecule has 0 fully saturated rings. The highest BCUT2D eigenvalue weighted by Crippen LogP contribution is 2.29. The Hall–Kier alpha value is -2.76. The van der Waals surface area contributed by atoms with E-state index >= 15 is 0 Å². The largest absolute Gasteiger partial charge is 0.486 e. The van der Waals surface area contributed by atoms with Gasteiger partial charge in [-0.2, -0.15) is 0 Å². The number of carboxylic acid groups (broad SMARTS) is 1. The number of carbonyl (C=O) groups excluding carboxylic acids is 1. The van der Waals surface area contributed by atoms with Crippen molar-refractivity contribution in [1.29, 1.82) is 0 Å². The molecule has 6 nitrogen and oxygen atoms in total. The molecule has 0 bridgehead atoms. The third-order valence-electron chi connectivity index (χ3n) is 3.14. The number of hydrogen-bond donors (Lipinski definition) is 2. The molecule has 0 saturated carbocycles. The van der Waals surface area contributed by atoms with Crippen LogP contribution in [0, 0.1) is 6.92 Å². The first-order chi connectivity index (χ1) is 11.2. The number of nitrogens with one attached hydrogen (secondary N) is 1. The van der Waals surface area contributed by atoms with E-state index in [-0.39, 0.29) is 17.7 Å². The molecule has 6 heteroatoms. The average Bonchev–Trinajstić information content (AvgIpc) is 2.79. The van der Waals surface area contributed by atoms with Gasteiger partial charge >= 0.3 is 5.97 Å². The number of ether oxygens (including phenoxy) is 1. The van der Waals surface area contributed by atoms with Crippen LogP contribution in [-0.2, 0) is 11.2 Å². The van der Waals surface area contributed by atoms with Gasteiger partial charge in [-0.3, -0.25) is 9.59 Å². The molecule has 2 N–H and O–H groups in total. The van der Waals surface area contributed by atoms with E-state index < -0.39 is 17.5 Å². The average molecular weight is 331 g/mol. The highest BCUT2D eigenvalue weighted by atomic mass is 16.5. The van der Waals surface area contributed by atoms with E-state index in [1.807, 2.05) is 26.8 Å². The summed E-state index contributed by atoms with van der Waals surface area (Å²) in [4.78, 5) is 23.5. The second-order valence-corrected chi connectivity index (χ2v) is 6.45. The van der Waals surface area contributed by atoms with Crippen molar-refractivity contribution in [3.8, 4) is 5.75 Å². The molecule has 0 radical (unpaired) electrons. The predicted octanol–water partition coefficient (Wildman–Crippen LogP) is 3.64. The summed E-state index contributed by atoms with van der Waals surface area (Å²) in [6.07, 6.45) is 1.03. The van der Waals surface area contributed by atoms with Crippen LogP contribution < -0.4 is 10.1 Å². The number of rotatable bonds is 5. The van der Waals surface area contributed by atoms with Gasteiger partial charge in [0.1, 0.15) is 23.5 Å². The number of para-hydroxylation sites is 2. The molecule has 0 aliphatic rings. The van der Waals surface area contributed by atoms with Crippen molar-refractivity contribution in [2.24, 2.45) is 0 Å². The van der Waals surface area contributed by atoms with Crippen LogP contribution in [0.25, 0.3) is 0 Å². The fourth-order valence-electron chi connectivity index (χ4n) is 2.24. The Morgan fingerprint density at radius 1 is 1.25 bits per heavy atom. The van der Waals surface area contributed by atoms with Crippen molar-refractivity contribution in [3.05, 3.63) is 47.4 Å². The summed E-state index contributed by atoms with van der Waals surface area (Å²) in [6.45, 7) is 7.44. The number of benzene rings is 1. The molecule has 0 aliphatic carbocycles. The molecule has 24 heavy (non-hydrogen) atoms. The molecule has 0 atom stereocenters. The van der Waals surface area contributed by atoms with Gasteiger partial charge < -0.3 is 19.6 Å². The molecule has 128 valence electrons. The van der Waals surface area contributed by atoms with Crippen molar-refractivity contribution in [3.63, 3.8) is 0 Å². The second kappa shape index (κ2) is 6.78. The van der Waals surface area contributed by atoms with Crippen LogP contribution in [-0.4, -0.2) is 22.6 Å². The first-order valence-electron chi connectivity index (χ1n) is 7.55. The van der Waals surface area contributed by atoms with Crippen molar-refractivity contribution < 1.29 is 23.8 Å². The smallest absolute Gasteiger partial charge is 0.311 e. The summed E-state index contributed by atoms with van der Waals surface area (Å²) in [6, 6.07) is 7.09. The second-order valence-electron chi connectivity index (χ2n) is 6.45. The fourth-order valence-corrected chi connectivity index (χ4v) is 2.24. The number of furan rings is 1. The predicted molar refractivity (Wildman–Crippen MR) is 89.6 cm³/mol. The standard InChI is InChI=1S/C18H21NO5/c1-11-10-23-14(9-15(20)21)16(11)17(22)19-12-7-5-6-8-13(12)24-18(2,3)4/h5-8,10H,9H2,1-4H3,(H,19,22)(H,20,21). The molecular weight excluding hydrogens is 310 g/mol. The molecule has 1 aromatic heterocycles. The number of carboxylic acids is 1. The Morgan fingerprint density at radius 3 is 2.54 bits per heavy atom. The van der Waals surface area contributed by atoms with Crippen LogP contribution in [0.1, 0.15) is 42.5 Å². The first-order valence-corrected chi connectivity index (χ1v) is 7.55. The van der Waals surface area contributed by atoms with Gasteiger partial charge in [0.25, 0.3) is 5.91 Å². The van der Waals surface area contributed by atoms with Crippen molar-refractivity contribution in [1.82, 2.24) is 0 Å². The van der Waals surface area contributed by atoms with E-state index in [9.17, 15) is 9.59 Å². The minimum absolute atomic E-state index is 0.131. The maximum Gasteiger partial charge on any atom is 0.311 e. The molecule has 2 aromatic rings. The maximum absolute atomic E-state index is 12.6. The lowest BCUT2D eigenvalue weighted by atomic mass is 10.1. The molecule has 1 aromatic carbocycles. The number of aliphatic carboxylic acids is 1. The lowest BCUT2D eigenvalue weighted by Crippen LogP contribution is -2.24. The van der Waals surface area contributed by atoms with E-state index in [0.717, 1.165) is 0 Å². The Bertz CT molecular complexity index is 755. The van der Waals surface area contributed by atoms with Gasteiger partial charge in [-0.05, 0) is 39.8 Å². The van der Waals surface area contributed by atoms with Crippen LogP contribution in [0.5, 0.6) is 5.75 Å². The minimum Gasteiger partial charge on any atom is -0.486 e. The molecule has 0 saturated heterocycles. The third-order valence-corrected chi connectivity index (χ3v) is 3.14. The number of hydrogen-bond acceptors (Lipinski definition) is 4. The molecule has 2 rings (SSSR count). The maximum atomic E-state index is 12.6. The van der Waals surface area contributed by atoms with Crippen LogP contribution in [0.3, 0.4) is 0 Å². The van der Waals surface area contributed by atoms with Gasteiger partial charge in [0.15, 0.2) is 0 Å². The van der Waals surface area contributed by atoms with Gasteiger partial charge in [0.05, 0.1) is 17.5 Å². The summed E-state index contributed by atoms with van der Waals surface area (Å²) in [5.74, 6) is -0.816. The molecule has 1 amide bonds. The van der Waals surface area contributed by atoms with Crippen LogP contribution in [0.4, 0.5) is 5.69 Å². The lowest BCUT2D eigenvalue weighted by molar-refractivity contribution is -0.136. The van der Waals surface area contributed by atoms with Gasteiger partial charge in [0, 0.05) is 5.56 Å². The Balaban J connectivity index is 2.28. The number of carbonyl (C=O) groups is 2. The zero-order chi connectivity index (χ0) is 17.9. The lowest BCUT2D eigenvalue weighted by Gasteiger charge is -2.23. The number of aryl methyl sites for hydroxylation is 1. The van der Waals surface area contributed by atoms with Crippen LogP contribution >= 0.6 is 0 Å². The van der Waals surface area contributed by atoms with E-state index in [0.29, 0.717) is 17.0 Å². The monoisotopic (exact) mass is 331 g/mol. The highest BCUT2D eigenvalue weighted by Gasteiger charge is 2.22. The van der Waals surface area contributed by atoms with Crippen LogP contribution in [0.15, 0.2) is 34.9 Å². The van der Waals surface area contributed by atoms with E-state index in [1.165, 1.54) is 6.26 Å². The van der Waals surface area contributed by atoms with E-state index in [1.54, 1.807) is 25.1 Å². The highest BCUT2D eigenvalue weighted by molar-refractivity contribution is 6.07. The van der Waals surface area contributed by atoms with E-state index in [4.69, 9.17) is 14.3 Å². The van der Waals surface area contributed by atoms with Gasteiger partial charge in [0.2, 0.25) is 0 Å². The Kier molecular flexibility index (Phi) is 4.97. The zero-order valence-corrected chi connectivity index (χ0v) is 14.2. The SMILES string of the molecule is Cc1coc(CC(=O)O)c1C(=O)Nc1ccccc1OC(C)(C)C. The first kappa shape index (κ1) is 17.6. The van der Waals surface area contributed by atoms with E-state index in [2.05, 4.69) is 5.32 Å². The number of anilines is 1. The van der Waals surface area contributed by atoms with Crippen molar-refractivity contribution in [2.75, 3.05) is 5.32 Å². The van der Waals surface area contributed by atoms with Crippen molar-refractivity contribution >= 4 is 17.6 Å². The Morgan fingerprint density at radius 2 is 1.92 bits per heavy atom. The summed E-state index contributed by atoms with van der Waals surface area (Å²) in [5.41, 5.74) is 0.918. The summed E-state index contributed by atoms with van der Waals surface area (Å²) in [5, 5.41) is 11.7. The normalized spacial score (nSPS) is 11.2. The summed E-state index contributed by atoms with van der Waals surface area (Å²) < 4.78 is 11.0. The molecule has 1 heterocycles.